The van der Waals surface area contributed by atoms with Gasteiger partial charge in [-0.2, -0.15) is 5.48 Å². The minimum atomic E-state index is -0.147. The molecular formula is C11H16BrNO. The van der Waals surface area contributed by atoms with Crippen LogP contribution in [0, 0.1) is 0 Å². The number of hydrogen-bond donors (Lipinski definition) is 1. The lowest BCUT2D eigenvalue weighted by Crippen LogP contribution is -2.28. The van der Waals surface area contributed by atoms with Gasteiger partial charge < -0.3 is 0 Å². The van der Waals surface area contributed by atoms with Crippen LogP contribution in [0.3, 0.4) is 0 Å². The van der Waals surface area contributed by atoms with Gasteiger partial charge in [0.05, 0.1) is 5.60 Å². The molecule has 0 heterocycles. The Labute approximate surface area is 93.7 Å². The van der Waals surface area contributed by atoms with Crippen LogP contribution in [-0.4, -0.2) is 5.60 Å². The lowest BCUT2D eigenvalue weighted by Gasteiger charge is -2.19. The van der Waals surface area contributed by atoms with Crippen molar-refractivity contribution in [1.82, 2.24) is 5.48 Å². The van der Waals surface area contributed by atoms with Gasteiger partial charge in [-0.3, -0.25) is 4.84 Å². The summed E-state index contributed by atoms with van der Waals surface area (Å²) >= 11 is 3.42. The Morgan fingerprint density at radius 3 is 2.64 bits per heavy atom. The standard InChI is InChI=1S/C11H16BrNO/c1-11(2,3)14-13-8-9-5-4-6-10(12)7-9/h4-7,13H,8H2,1-3H3. The summed E-state index contributed by atoms with van der Waals surface area (Å²) in [5.41, 5.74) is 4.00. The molecule has 0 saturated carbocycles. The fourth-order valence-electron chi connectivity index (χ4n) is 0.983. The molecule has 78 valence electrons. The van der Waals surface area contributed by atoms with Gasteiger partial charge in [-0.1, -0.05) is 28.1 Å². The monoisotopic (exact) mass is 257 g/mol. The van der Waals surface area contributed by atoms with Crippen molar-refractivity contribution in [3.8, 4) is 0 Å². The fourth-order valence-corrected chi connectivity index (χ4v) is 1.43. The molecule has 0 amide bonds. The van der Waals surface area contributed by atoms with Crippen LogP contribution in [0.15, 0.2) is 28.7 Å². The molecule has 0 spiro atoms. The van der Waals surface area contributed by atoms with E-state index in [0.717, 1.165) is 11.0 Å². The first-order chi connectivity index (χ1) is 6.47. The SMILES string of the molecule is CC(C)(C)ONCc1cccc(Br)c1. The zero-order chi connectivity index (χ0) is 10.6. The molecule has 2 nitrogen and oxygen atoms in total. The third kappa shape index (κ3) is 4.74. The van der Waals surface area contributed by atoms with Crippen LogP contribution in [-0.2, 0) is 11.4 Å². The first-order valence-corrected chi connectivity index (χ1v) is 5.42. The maximum Gasteiger partial charge on any atom is 0.0813 e. The summed E-state index contributed by atoms with van der Waals surface area (Å²) in [6, 6.07) is 8.15. The van der Waals surface area contributed by atoms with Crippen molar-refractivity contribution >= 4 is 15.9 Å². The van der Waals surface area contributed by atoms with E-state index in [0.29, 0.717) is 0 Å². The zero-order valence-corrected chi connectivity index (χ0v) is 10.4. The van der Waals surface area contributed by atoms with Crippen molar-refractivity contribution < 1.29 is 4.84 Å². The summed E-state index contributed by atoms with van der Waals surface area (Å²) in [7, 11) is 0. The van der Waals surface area contributed by atoms with E-state index in [-0.39, 0.29) is 5.60 Å². The summed E-state index contributed by atoms with van der Waals surface area (Å²) < 4.78 is 1.09. The van der Waals surface area contributed by atoms with Gasteiger partial charge in [0.1, 0.15) is 0 Å². The zero-order valence-electron chi connectivity index (χ0n) is 8.80. The van der Waals surface area contributed by atoms with Crippen molar-refractivity contribution in [2.45, 2.75) is 32.9 Å². The minimum absolute atomic E-state index is 0.147. The Balaban J connectivity index is 2.39. The smallest absolute Gasteiger partial charge is 0.0813 e. The Bertz CT molecular complexity index is 294. The molecule has 1 aromatic rings. The Hall–Kier alpha value is -0.380. The average molecular weight is 258 g/mol. The van der Waals surface area contributed by atoms with Gasteiger partial charge in [0.25, 0.3) is 0 Å². The first-order valence-electron chi connectivity index (χ1n) is 4.63. The molecule has 0 bridgehead atoms. The highest BCUT2D eigenvalue weighted by Gasteiger charge is 2.09. The quantitative estimate of drug-likeness (QED) is 0.840. The van der Waals surface area contributed by atoms with Gasteiger partial charge >= 0.3 is 0 Å². The molecule has 1 aromatic carbocycles. The summed E-state index contributed by atoms with van der Waals surface area (Å²) in [5, 5.41) is 0. The molecule has 0 atom stereocenters. The summed E-state index contributed by atoms with van der Waals surface area (Å²) in [4.78, 5) is 5.41. The summed E-state index contributed by atoms with van der Waals surface area (Å²) in [5.74, 6) is 0. The number of nitrogens with one attached hydrogen (secondary N) is 1. The first kappa shape index (κ1) is 11.7. The number of benzene rings is 1. The predicted octanol–water partition coefficient (Wildman–Crippen LogP) is 3.27. The van der Waals surface area contributed by atoms with Crippen LogP contribution in [0.2, 0.25) is 0 Å². The predicted molar refractivity (Wildman–Crippen MR) is 61.8 cm³/mol. The van der Waals surface area contributed by atoms with Gasteiger partial charge in [0.2, 0.25) is 0 Å². The number of halogens is 1. The van der Waals surface area contributed by atoms with E-state index in [1.54, 1.807) is 0 Å². The van der Waals surface area contributed by atoms with Gasteiger partial charge in [-0.15, -0.1) is 0 Å². The Morgan fingerprint density at radius 1 is 1.36 bits per heavy atom. The second-order valence-corrected chi connectivity index (χ2v) is 5.08. The van der Waals surface area contributed by atoms with E-state index in [9.17, 15) is 0 Å². The van der Waals surface area contributed by atoms with Crippen LogP contribution in [0.25, 0.3) is 0 Å². The highest BCUT2D eigenvalue weighted by atomic mass is 79.9. The summed E-state index contributed by atoms with van der Waals surface area (Å²) in [6.07, 6.45) is 0. The van der Waals surface area contributed by atoms with Crippen molar-refractivity contribution in [3.05, 3.63) is 34.3 Å². The lowest BCUT2D eigenvalue weighted by atomic mass is 10.2. The molecule has 0 aromatic heterocycles. The average Bonchev–Trinajstić information content (AvgIpc) is 2.01. The summed E-state index contributed by atoms with van der Waals surface area (Å²) in [6.45, 7) is 6.76. The van der Waals surface area contributed by atoms with E-state index in [4.69, 9.17) is 4.84 Å². The highest BCUT2D eigenvalue weighted by Crippen LogP contribution is 2.12. The van der Waals surface area contributed by atoms with Crippen molar-refractivity contribution in [1.29, 1.82) is 0 Å². The van der Waals surface area contributed by atoms with Crippen LogP contribution in [0.1, 0.15) is 26.3 Å². The van der Waals surface area contributed by atoms with E-state index in [1.165, 1.54) is 5.56 Å². The molecule has 0 unspecified atom stereocenters. The molecule has 0 aliphatic rings. The van der Waals surface area contributed by atoms with Crippen LogP contribution >= 0.6 is 15.9 Å². The van der Waals surface area contributed by atoms with E-state index >= 15 is 0 Å². The fraction of sp³-hybridized carbons (Fsp3) is 0.455. The van der Waals surface area contributed by atoms with Crippen molar-refractivity contribution in [3.63, 3.8) is 0 Å². The molecule has 3 heteroatoms. The van der Waals surface area contributed by atoms with Crippen LogP contribution in [0.4, 0.5) is 0 Å². The maximum atomic E-state index is 5.41. The van der Waals surface area contributed by atoms with E-state index in [2.05, 4.69) is 33.5 Å². The molecule has 1 N–H and O–H groups in total. The van der Waals surface area contributed by atoms with Gasteiger partial charge in [0.15, 0.2) is 0 Å². The minimum Gasteiger partial charge on any atom is -0.296 e. The normalized spacial score (nSPS) is 11.7. The van der Waals surface area contributed by atoms with Crippen LogP contribution < -0.4 is 5.48 Å². The number of rotatable bonds is 3. The largest absolute Gasteiger partial charge is 0.296 e. The molecule has 0 radical (unpaired) electrons. The van der Waals surface area contributed by atoms with Crippen molar-refractivity contribution in [2.75, 3.05) is 0 Å². The molecule has 14 heavy (non-hydrogen) atoms. The molecular weight excluding hydrogens is 242 g/mol. The third-order valence-electron chi connectivity index (χ3n) is 1.54. The molecule has 0 saturated heterocycles. The third-order valence-corrected chi connectivity index (χ3v) is 2.04. The lowest BCUT2D eigenvalue weighted by molar-refractivity contribution is -0.0757. The second-order valence-electron chi connectivity index (χ2n) is 4.17. The van der Waals surface area contributed by atoms with Gasteiger partial charge in [-0.05, 0) is 38.5 Å². The Morgan fingerprint density at radius 2 is 2.07 bits per heavy atom. The van der Waals surface area contributed by atoms with E-state index < -0.39 is 0 Å². The van der Waals surface area contributed by atoms with Gasteiger partial charge in [0, 0.05) is 11.0 Å². The molecule has 0 aliphatic carbocycles. The van der Waals surface area contributed by atoms with Crippen molar-refractivity contribution in [2.24, 2.45) is 0 Å². The highest BCUT2D eigenvalue weighted by molar-refractivity contribution is 9.10. The topological polar surface area (TPSA) is 21.3 Å². The Kier molecular flexibility index (Phi) is 4.11. The maximum absolute atomic E-state index is 5.41. The van der Waals surface area contributed by atoms with Gasteiger partial charge in [-0.25, -0.2) is 0 Å². The van der Waals surface area contributed by atoms with Crippen LogP contribution in [0.5, 0.6) is 0 Å². The number of hydrogen-bond acceptors (Lipinski definition) is 2. The molecule has 0 aliphatic heterocycles. The number of hydroxylamine groups is 1. The molecule has 1 rings (SSSR count). The van der Waals surface area contributed by atoms with E-state index in [1.807, 2.05) is 32.9 Å². The molecule has 0 fully saturated rings. The second kappa shape index (κ2) is 4.91.